The maximum absolute atomic E-state index is 4.00. The van der Waals surface area contributed by atoms with Crippen LogP contribution in [0.25, 0.3) is 0 Å². The number of hydrogen-bond donors (Lipinski definition) is 0. The lowest BCUT2D eigenvalue weighted by Gasteiger charge is -2.12. The summed E-state index contributed by atoms with van der Waals surface area (Å²) in [6.07, 6.45) is 24.3. The molecule has 0 radical (unpaired) electrons. The van der Waals surface area contributed by atoms with Crippen LogP contribution < -0.4 is 0 Å². The maximum Gasteiger partial charge on any atom is -0.00638 e. The van der Waals surface area contributed by atoms with Gasteiger partial charge in [0.15, 0.2) is 0 Å². The van der Waals surface area contributed by atoms with Crippen LogP contribution in [-0.2, 0) is 12.8 Å². The van der Waals surface area contributed by atoms with Gasteiger partial charge >= 0.3 is 0 Å². The Kier molecular flexibility index (Phi) is 10.2. The van der Waals surface area contributed by atoms with Crippen molar-refractivity contribution in [3.8, 4) is 12.8 Å². The molecular formula is C26H34. The second-order valence-corrected chi connectivity index (χ2v) is 7.17. The first-order valence-electron chi connectivity index (χ1n) is 9.67. The second-order valence-electron chi connectivity index (χ2n) is 7.17. The van der Waals surface area contributed by atoms with Crippen molar-refractivity contribution in [1.82, 2.24) is 0 Å². The average molecular weight is 347 g/mol. The monoisotopic (exact) mass is 346 g/mol. The number of benzene rings is 1. The lowest BCUT2D eigenvalue weighted by molar-refractivity contribution is 0.647. The molecule has 1 aromatic carbocycles. The molecule has 0 spiro atoms. The smallest absolute Gasteiger partial charge is 0.00638 e. The highest BCUT2D eigenvalue weighted by Gasteiger charge is 2.06. The van der Waals surface area contributed by atoms with E-state index in [0.717, 1.165) is 12.8 Å². The summed E-state index contributed by atoms with van der Waals surface area (Å²) in [6, 6.07) is 8.90. The van der Waals surface area contributed by atoms with Crippen molar-refractivity contribution in [2.75, 3.05) is 0 Å². The van der Waals surface area contributed by atoms with Gasteiger partial charge in [0.25, 0.3) is 0 Å². The SMILES string of the molecule is C#C.C=CC(C)CCc1ccccc1C/C(C)=C/C1=CCCCC=C1C. The van der Waals surface area contributed by atoms with Crippen molar-refractivity contribution >= 4 is 0 Å². The molecule has 0 amide bonds. The molecule has 0 nitrogen and oxygen atoms in total. The van der Waals surface area contributed by atoms with E-state index in [0.29, 0.717) is 5.92 Å². The highest BCUT2D eigenvalue weighted by Crippen LogP contribution is 2.23. The van der Waals surface area contributed by atoms with Gasteiger partial charge in [0.2, 0.25) is 0 Å². The molecule has 0 aromatic heterocycles. The van der Waals surface area contributed by atoms with Crippen molar-refractivity contribution < 1.29 is 0 Å². The number of rotatable bonds is 7. The summed E-state index contributed by atoms with van der Waals surface area (Å²) in [6.45, 7) is 10.7. The van der Waals surface area contributed by atoms with E-state index in [9.17, 15) is 0 Å². The predicted molar refractivity (Wildman–Crippen MR) is 117 cm³/mol. The van der Waals surface area contributed by atoms with Gasteiger partial charge in [0.05, 0.1) is 0 Å². The van der Waals surface area contributed by atoms with Crippen molar-refractivity contribution in [2.24, 2.45) is 5.92 Å². The topological polar surface area (TPSA) is 0 Å². The van der Waals surface area contributed by atoms with E-state index in [1.165, 1.54) is 53.5 Å². The van der Waals surface area contributed by atoms with E-state index >= 15 is 0 Å². The summed E-state index contributed by atoms with van der Waals surface area (Å²) < 4.78 is 0. The van der Waals surface area contributed by atoms with Crippen LogP contribution in [0.3, 0.4) is 0 Å². The zero-order valence-corrected chi connectivity index (χ0v) is 16.8. The molecule has 0 heteroatoms. The zero-order chi connectivity index (χ0) is 19.4. The minimum absolute atomic E-state index is 0.582. The van der Waals surface area contributed by atoms with Crippen LogP contribution >= 0.6 is 0 Å². The molecule has 0 saturated carbocycles. The largest absolute Gasteiger partial charge is 0.124 e. The Bertz CT molecular complexity index is 679. The van der Waals surface area contributed by atoms with E-state index < -0.39 is 0 Å². The van der Waals surface area contributed by atoms with Gasteiger partial charge in [-0.3, -0.25) is 0 Å². The van der Waals surface area contributed by atoms with E-state index in [1.54, 1.807) is 0 Å². The molecule has 1 atom stereocenters. The number of hydrogen-bond acceptors (Lipinski definition) is 0. The molecule has 0 saturated heterocycles. The van der Waals surface area contributed by atoms with Gasteiger partial charge in [-0.2, -0.15) is 0 Å². The Labute approximate surface area is 161 Å². The first-order chi connectivity index (χ1) is 12.6. The third kappa shape index (κ3) is 7.32. The average Bonchev–Trinajstić information content (AvgIpc) is 2.86. The van der Waals surface area contributed by atoms with Gasteiger partial charge in [-0.05, 0) is 80.6 Å². The third-order valence-corrected chi connectivity index (χ3v) is 4.94. The molecule has 0 bridgehead atoms. The van der Waals surface area contributed by atoms with Crippen LogP contribution in [0.4, 0.5) is 0 Å². The minimum atomic E-state index is 0.582. The summed E-state index contributed by atoms with van der Waals surface area (Å²) >= 11 is 0. The first-order valence-corrected chi connectivity index (χ1v) is 9.67. The van der Waals surface area contributed by atoms with E-state index in [4.69, 9.17) is 0 Å². The molecule has 26 heavy (non-hydrogen) atoms. The maximum atomic E-state index is 4.00. The summed E-state index contributed by atoms with van der Waals surface area (Å²) in [4.78, 5) is 0. The second kappa shape index (κ2) is 12.2. The Morgan fingerprint density at radius 1 is 1.15 bits per heavy atom. The standard InChI is InChI=1S/C24H32.C2H2/c1-5-19(2)15-16-22-12-9-10-14-24(22)18-20(3)17-23-13-8-6-7-11-21(23)4;1-2/h5,9-14,17,19H,1,6-8,15-16,18H2,2-4H3;1-2H/b20-17+;. The Hall–Kier alpha value is -2.26. The van der Waals surface area contributed by atoms with Crippen LogP contribution in [0.5, 0.6) is 0 Å². The molecule has 2 rings (SSSR count). The van der Waals surface area contributed by atoms with Crippen molar-refractivity contribution in [3.63, 3.8) is 0 Å². The van der Waals surface area contributed by atoms with Crippen LogP contribution in [0.1, 0.15) is 57.6 Å². The Morgan fingerprint density at radius 3 is 2.50 bits per heavy atom. The predicted octanol–water partition coefficient (Wildman–Crippen LogP) is 7.24. The van der Waals surface area contributed by atoms with Gasteiger partial charge in [0.1, 0.15) is 0 Å². The first kappa shape index (κ1) is 21.8. The molecular weight excluding hydrogens is 312 g/mol. The summed E-state index contributed by atoms with van der Waals surface area (Å²) in [5.74, 6) is 0.582. The van der Waals surface area contributed by atoms with Gasteiger partial charge < -0.3 is 0 Å². The normalized spacial score (nSPS) is 15.7. The van der Waals surface area contributed by atoms with Crippen LogP contribution in [0.2, 0.25) is 0 Å². The van der Waals surface area contributed by atoms with E-state index in [2.05, 4.69) is 88.8 Å². The summed E-state index contributed by atoms with van der Waals surface area (Å²) in [7, 11) is 0. The van der Waals surface area contributed by atoms with Gasteiger partial charge in [-0.25, -0.2) is 0 Å². The summed E-state index contributed by atoms with van der Waals surface area (Å²) in [5.41, 5.74) is 7.25. The Balaban J connectivity index is 0.00000163. The molecule has 1 unspecified atom stereocenters. The fourth-order valence-corrected chi connectivity index (χ4v) is 3.24. The van der Waals surface area contributed by atoms with Crippen molar-refractivity contribution in [1.29, 1.82) is 0 Å². The Morgan fingerprint density at radius 2 is 1.81 bits per heavy atom. The van der Waals surface area contributed by atoms with Gasteiger partial charge in [-0.15, -0.1) is 19.4 Å². The summed E-state index contributed by atoms with van der Waals surface area (Å²) in [5, 5.41) is 0. The van der Waals surface area contributed by atoms with Crippen LogP contribution in [-0.4, -0.2) is 0 Å². The minimum Gasteiger partial charge on any atom is -0.124 e. The van der Waals surface area contributed by atoms with Crippen molar-refractivity contribution in [3.05, 3.63) is 83.0 Å². The molecule has 0 aliphatic heterocycles. The lowest BCUT2D eigenvalue weighted by Crippen LogP contribution is -1.99. The number of aryl methyl sites for hydroxylation is 1. The van der Waals surface area contributed by atoms with Crippen LogP contribution in [0.15, 0.2) is 71.9 Å². The number of terminal acetylenes is 1. The van der Waals surface area contributed by atoms with E-state index in [-0.39, 0.29) is 0 Å². The number of allylic oxidation sites excluding steroid dienone is 7. The third-order valence-electron chi connectivity index (χ3n) is 4.94. The quantitative estimate of drug-likeness (QED) is 0.360. The highest BCUT2D eigenvalue weighted by atomic mass is 14.1. The fraction of sp³-hybridized carbons (Fsp3) is 0.385. The van der Waals surface area contributed by atoms with E-state index in [1.807, 2.05) is 0 Å². The lowest BCUT2D eigenvalue weighted by atomic mass is 9.93. The highest BCUT2D eigenvalue weighted by molar-refractivity contribution is 5.42. The molecule has 138 valence electrons. The molecule has 1 aliphatic carbocycles. The van der Waals surface area contributed by atoms with Gasteiger partial charge in [0, 0.05) is 0 Å². The molecule has 1 aliphatic rings. The van der Waals surface area contributed by atoms with Gasteiger partial charge in [-0.1, -0.05) is 61.1 Å². The molecule has 0 fully saturated rings. The van der Waals surface area contributed by atoms with Crippen LogP contribution in [0, 0.1) is 18.8 Å². The zero-order valence-electron chi connectivity index (χ0n) is 16.8. The molecule has 0 heterocycles. The molecule has 1 aromatic rings. The fourth-order valence-electron chi connectivity index (χ4n) is 3.24. The van der Waals surface area contributed by atoms with Crippen molar-refractivity contribution in [2.45, 2.75) is 59.3 Å². The molecule has 0 N–H and O–H groups in total.